The number of hydrogen-bond donors (Lipinski definition) is 1. The number of aryl methyl sites for hydroxylation is 1. The number of fused-ring (bicyclic) bond motifs is 2. The van der Waals surface area contributed by atoms with Gasteiger partial charge in [-0.2, -0.15) is 0 Å². The van der Waals surface area contributed by atoms with Gasteiger partial charge in [-0.3, -0.25) is 4.79 Å². The van der Waals surface area contributed by atoms with E-state index in [4.69, 9.17) is 9.15 Å². The van der Waals surface area contributed by atoms with E-state index >= 15 is 0 Å². The number of carbonyl (C=O) groups is 1. The number of ether oxygens (including phenoxy) is 1. The number of phenolic OH excluding ortho intramolecular Hbond substituents is 1. The molecule has 0 radical (unpaired) electrons. The van der Waals surface area contributed by atoms with Crippen molar-refractivity contribution >= 4 is 22.8 Å². The van der Waals surface area contributed by atoms with Crippen LogP contribution in [0.2, 0.25) is 0 Å². The zero-order chi connectivity index (χ0) is 15.3. The molecular formula is C18H12O4. The molecule has 108 valence electrons. The zero-order valence-electron chi connectivity index (χ0n) is 11.8. The number of rotatable bonds is 1. The topological polar surface area (TPSA) is 59.7 Å². The standard InChI is InChI=1S/C18H12O4/c1-10-6-12(19)8-15-17(10)18(20)16(22-15)9-13-7-11-4-2-3-5-14(11)21-13/h2-9,19H,1H3/b16-9-. The molecule has 0 atom stereocenters. The van der Waals surface area contributed by atoms with Crippen LogP contribution in [0.15, 0.2) is 52.6 Å². The minimum atomic E-state index is -0.201. The number of para-hydroxylation sites is 1. The molecule has 0 unspecified atom stereocenters. The lowest BCUT2D eigenvalue weighted by Crippen LogP contribution is -1.99. The molecule has 0 spiro atoms. The van der Waals surface area contributed by atoms with Gasteiger partial charge in [0, 0.05) is 17.5 Å². The third kappa shape index (κ3) is 1.89. The third-order valence-corrected chi connectivity index (χ3v) is 3.67. The van der Waals surface area contributed by atoms with Crippen molar-refractivity contribution in [1.29, 1.82) is 0 Å². The van der Waals surface area contributed by atoms with E-state index in [0.29, 0.717) is 22.6 Å². The maximum Gasteiger partial charge on any atom is 0.232 e. The van der Waals surface area contributed by atoms with E-state index < -0.39 is 0 Å². The normalized spacial score (nSPS) is 15.3. The molecule has 1 aliphatic rings. The molecule has 2 heterocycles. The Balaban J connectivity index is 1.78. The van der Waals surface area contributed by atoms with Crippen molar-refractivity contribution in [2.75, 3.05) is 0 Å². The summed E-state index contributed by atoms with van der Waals surface area (Å²) in [5.74, 6) is 1.01. The van der Waals surface area contributed by atoms with Crippen LogP contribution in [-0.4, -0.2) is 10.9 Å². The Labute approximate surface area is 126 Å². The summed E-state index contributed by atoms with van der Waals surface area (Å²) >= 11 is 0. The molecule has 0 bridgehead atoms. The van der Waals surface area contributed by atoms with Crippen LogP contribution in [0, 0.1) is 6.92 Å². The molecule has 4 nitrogen and oxygen atoms in total. The van der Waals surface area contributed by atoms with E-state index in [2.05, 4.69) is 0 Å². The van der Waals surface area contributed by atoms with Gasteiger partial charge in [0.25, 0.3) is 0 Å². The number of hydrogen-bond acceptors (Lipinski definition) is 4. The molecule has 3 aromatic rings. The van der Waals surface area contributed by atoms with Gasteiger partial charge in [-0.05, 0) is 30.7 Å². The summed E-state index contributed by atoms with van der Waals surface area (Å²) in [6, 6.07) is 12.5. The Bertz CT molecular complexity index is 914. The van der Waals surface area contributed by atoms with Crippen LogP contribution in [0.1, 0.15) is 21.7 Å². The van der Waals surface area contributed by atoms with E-state index in [9.17, 15) is 9.90 Å². The maximum absolute atomic E-state index is 12.4. The Morgan fingerprint density at radius 1 is 1.14 bits per heavy atom. The molecule has 2 aromatic carbocycles. The molecule has 0 saturated heterocycles. The number of benzene rings is 2. The summed E-state index contributed by atoms with van der Waals surface area (Å²) < 4.78 is 11.2. The predicted molar refractivity (Wildman–Crippen MR) is 82.0 cm³/mol. The zero-order valence-corrected chi connectivity index (χ0v) is 11.8. The molecule has 0 aliphatic carbocycles. The maximum atomic E-state index is 12.4. The van der Waals surface area contributed by atoms with Gasteiger partial charge in [-0.15, -0.1) is 0 Å². The molecule has 0 saturated carbocycles. The summed E-state index contributed by atoms with van der Waals surface area (Å²) in [7, 11) is 0. The molecule has 0 fully saturated rings. The van der Waals surface area contributed by atoms with E-state index in [1.807, 2.05) is 30.3 Å². The van der Waals surface area contributed by atoms with Crippen LogP contribution >= 0.6 is 0 Å². The van der Waals surface area contributed by atoms with Crippen molar-refractivity contribution in [1.82, 2.24) is 0 Å². The summed E-state index contributed by atoms with van der Waals surface area (Å²) in [6.45, 7) is 1.77. The van der Waals surface area contributed by atoms with Crippen LogP contribution < -0.4 is 4.74 Å². The molecular weight excluding hydrogens is 280 g/mol. The fourth-order valence-electron chi connectivity index (χ4n) is 2.69. The summed E-state index contributed by atoms with van der Waals surface area (Å²) in [5.41, 5.74) is 1.93. The minimum Gasteiger partial charge on any atom is -0.508 e. The van der Waals surface area contributed by atoms with Gasteiger partial charge in [-0.1, -0.05) is 18.2 Å². The SMILES string of the molecule is Cc1cc(O)cc2c1C(=O)/C(=C/c1cc3ccccc3o1)O2. The Morgan fingerprint density at radius 3 is 2.77 bits per heavy atom. The monoisotopic (exact) mass is 292 g/mol. The van der Waals surface area contributed by atoms with Crippen LogP contribution in [0.3, 0.4) is 0 Å². The van der Waals surface area contributed by atoms with E-state index in [1.54, 1.807) is 19.1 Å². The fraction of sp³-hybridized carbons (Fsp3) is 0.0556. The van der Waals surface area contributed by atoms with Crippen molar-refractivity contribution in [2.24, 2.45) is 0 Å². The second-order valence-corrected chi connectivity index (χ2v) is 5.26. The highest BCUT2D eigenvalue weighted by molar-refractivity contribution is 6.15. The predicted octanol–water partition coefficient (Wildman–Crippen LogP) is 4.06. The molecule has 1 aliphatic heterocycles. The second kappa shape index (κ2) is 4.49. The van der Waals surface area contributed by atoms with Gasteiger partial charge < -0.3 is 14.3 Å². The smallest absolute Gasteiger partial charge is 0.232 e. The van der Waals surface area contributed by atoms with Crippen molar-refractivity contribution in [2.45, 2.75) is 6.92 Å². The van der Waals surface area contributed by atoms with Crippen LogP contribution in [-0.2, 0) is 0 Å². The average Bonchev–Trinajstić information content (AvgIpc) is 3.00. The lowest BCUT2D eigenvalue weighted by atomic mass is 10.0. The van der Waals surface area contributed by atoms with Crippen LogP contribution in [0.4, 0.5) is 0 Å². The second-order valence-electron chi connectivity index (χ2n) is 5.26. The Hall–Kier alpha value is -3.01. The van der Waals surface area contributed by atoms with Gasteiger partial charge in [0.15, 0.2) is 5.76 Å². The number of ketones is 1. The molecule has 1 aromatic heterocycles. The van der Waals surface area contributed by atoms with E-state index in [-0.39, 0.29) is 17.3 Å². The number of aromatic hydroxyl groups is 1. The number of carbonyl (C=O) groups excluding carboxylic acids is 1. The highest BCUT2D eigenvalue weighted by Crippen LogP contribution is 2.37. The lowest BCUT2D eigenvalue weighted by molar-refractivity contribution is 0.101. The molecule has 22 heavy (non-hydrogen) atoms. The minimum absolute atomic E-state index is 0.0778. The van der Waals surface area contributed by atoms with Crippen molar-refractivity contribution in [3.8, 4) is 11.5 Å². The molecule has 4 heteroatoms. The number of Topliss-reactive ketones (excluding diaryl/α,β-unsaturated/α-hetero) is 1. The number of furan rings is 1. The Morgan fingerprint density at radius 2 is 1.95 bits per heavy atom. The lowest BCUT2D eigenvalue weighted by Gasteiger charge is -2.00. The average molecular weight is 292 g/mol. The van der Waals surface area contributed by atoms with E-state index in [1.165, 1.54) is 6.07 Å². The summed E-state index contributed by atoms with van der Waals surface area (Å²) in [4.78, 5) is 12.4. The van der Waals surface area contributed by atoms with Gasteiger partial charge in [0.1, 0.15) is 22.8 Å². The van der Waals surface area contributed by atoms with Gasteiger partial charge >= 0.3 is 0 Å². The highest BCUT2D eigenvalue weighted by atomic mass is 16.5. The first-order valence-electron chi connectivity index (χ1n) is 6.88. The third-order valence-electron chi connectivity index (χ3n) is 3.67. The summed E-state index contributed by atoms with van der Waals surface area (Å²) in [6.07, 6.45) is 1.58. The van der Waals surface area contributed by atoms with Crippen LogP contribution in [0.25, 0.3) is 17.0 Å². The van der Waals surface area contributed by atoms with Gasteiger partial charge in [-0.25, -0.2) is 0 Å². The van der Waals surface area contributed by atoms with E-state index in [0.717, 1.165) is 11.0 Å². The first-order chi connectivity index (χ1) is 10.6. The first kappa shape index (κ1) is 12.7. The highest BCUT2D eigenvalue weighted by Gasteiger charge is 2.30. The first-order valence-corrected chi connectivity index (χ1v) is 6.88. The molecule has 4 rings (SSSR count). The Kier molecular flexibility index (Phi) is 2.60. The number of allylic oxidation sites excluding steroid dienone is 1. The largest absolute Gasteiger partial charge is 0.508 e. The fourth-order valence-corrected chi connectivity index (χ4v) is 2.69. The number of phenols is 1. The summed E-state index contributed by atoms with van der Waals surface area (Å²) in [5, 5.41) is 10.6. The van der Waals surface area contributed by atoms with Gasteiger partial charge in [0.2, 0.25) is 5.78 Å². The quantitative estimate of drug-likeness (QED) is 0.687. The molecule has 0 amide bonds. The van der Waals surface area contributed by atoms with Crippen molar-refractivity contribution in [3.05, 3.63) is 65.1 Å². The van der Waals surface area contributed by atoms with Gasteiger partial charge in [0.05, 0.1) is 5.56 Å². The van der Waals surface area contributed by atoms with Crippen molar-refractivity contribution in [3.63, 3.8) is 0 Å². The van der Waals surface area contributed by atoms with Crippen LogP contribution in [0.5, 0.6) is 11.5 Å². The van der Waals surface area contributed by atoms with Crippen molar-refractivity contribution < 1.29 is 19.1 Å². The molecule has 1 N–H and O–H groups in total.